The van der Waals surface area contributed by atoms with Crippen molar-refractivity contribution in [1.82, 2.24) is 14.5 Å². The van der Waals surface area contributed by atoms with Crippen LogP contribution in [0, 0.1) is 5.82 Å². The molecule has 4 aromatic rings. The molecule has 2 aromatic heterocycles. The third kappa shape index (κ3) is 2.75. The number of imidazole rings is 1. The maximum atomic E-state index is 14.7. The minimum absolute atomic E-state index is 0.334. The summed E-state index contributed by atoms with van der Waals surface area (Å²) in [4.78, 5) is 9.06. The summed E-state index contributed by atoms with van der Waals surface area (Å²) in [5, 5.41) is 0.353. The molecule has 0 radical (unpaired) electrons. The first-order chi connectivity index (χ1) is 13.6. The lowest BCUT2D eigenvalue weighted by atomic mass is 10.2. The van der Waals surface area contributed by atoms with Crippen LogP contribution in [0.1, 0.15) is 19.8 Å². The van der Waals surface area contributed by atoms with E-state index >= 15 is 0 Å². The lowest BCUT2D eigenvalue weighted by molar-refractivity contribution is 0.294. The molecule has 0 fully saturated rings. The Bertz CT molecular complexity index is 1200. The second-order valence-corrected chi connectivity index (χ2v) is 7.75. The Morgan fingerprint density at radius 1 is 1.21 bits per heavy atom. The summed E-state index contributed by atoms with van der Waals surface area (Å²) in [6.07, 6.45) is 1.90. The van der Waals surface area contributed by atoms with E-state index in [1.807, 2.05) is 25.1 Å². The number of thiazole rings is 1. The second-order valence-electron chi connectivity index (χ2n) is 6.72. The quantitative estimate of drug-likeness (QED) is 0.546. The van der Waals surface area contributed by atoms with Crippen molar-refractivity contribution in [3.05, 3.63) is 30.1 Å². The molecule has 0 saturated carbocycles. The highest BCUT2D eigenvalue weighted by Gasteiger charge is 2.21. The molecule has 5 rings (SSSR count). The highest BCUT2D eigenvalue weighted by molar-refractivity contribution is 7.22. The lowest BCUT2D eigenvalue weighted by Crippen LogP contribution is -2.09. The number of nitrogens with zero attached hydrogens (tertiary/aromatic N) is 3. The molecular formula is C20H19FN4O2S. The van der Waals surface area contributed by atoms with Crippen LogP contribution in [0.4, 0.5) is 9.52 Å². The minimum atomic E-state index is -0.334. The molecular weight excluding hydrogens is 379 g/mol. The molecule has 2 N–H and O–H groups in total. The second kappa shape index (κ2) is 6.63. The maximum Gasteiger partial charge on any atom is 0.181 e. The third-order valence-corrected chi connectivity index (χ3v) is 5.75. The van der Waals surface area contributed by atoms with Gasteiger partial charge in [0.1, 0.15) is 28.7 Å². The number of ether oxygens (including phenoxy) is 2. The van der Waals surface area contributed by atoms with E-state index in [2.05, 4.69) is 9.55 Å². The third-order valence-electron chi connectivity index (χ3n) is 4.84. The fourth-order valence-electron chi connectivity index (χ4n) is 3.70. The molecule has 3 heterocycles. The van der Waals surface area contributed by atoms with Gasteiger partial charge in [0.15, 0.2) is 5.13 Å². The van der Waals surface area contributed by atoms with Crippen molar-refractivity contribution in [2.45, 2.75) is 26.3 Å². The van der Waals surface area contributed by atoms with Crippen LogP contribution in [0.15, 0.2) is 24.3 Å². The summed E-state index contributed by atoms with van der Waals surface area (Å²) in [5.74, 6) is 1.83. The topological polar surface area (TPSA) is 75.2 Å². The summed E-state index contributed by atoms with van der Waals surface area (Å²) in [6.45, 7) is 3.94. The monoisotopic (exact) mass is 398 g/mol. The zero-order valence-corrected chi connectivity index (χ0v) is 16.2. The molecule has 8 heteroatoms. The molecule has 0 saturated heterocycles. The molecule has 2 aromatic carbocycles. The summed E-state index contributed by atoms with van der Waals surface area (Å²) in [7, 11) is 0. The predicted molar refractivity (Wildman–Crippen MR) is 109 cm³/mol. The molecule has 144 valence electrons. The Kier molecular flexibility index (Phi) is 4.08. The van der Waals surface area contributed by atoms with Crippen LogP contribution in [0.3, 0.4) is 0 Å². The molecule has 0 bridgehead atoms. The van der Waals surface area contributed by atoms with Gasteiger partial charge in [-0.2, -0.15) is 0 Å². The Hall–Kier alpha value is -2.87. The number of fused-ring (bicyclic) bond motifs is 1. The van der Waals surface area contributed by atoms with Crippen LogP contribution >= 0.6 is 11.3 Å². The number of aromatic nitrogens is 3. The number of rotatable bonds is 3. The zero-order valence-electron chi connectivity index (χ0n) is 15.4. The van der Waals surface area contributed by atoms with Crippen LogP contribution in [0.5, 0.6) is 11.5 Å². The number of aryl methyl sites for hydroxylation is 1. The van der Waals surface area contributed by atoms with Gasteiger partial charge in [0.25, 0.3) is 0 Å². The van der Waals surface area contributed by atoms with Crippen LogP contribution in [-0.4, -0.2) is 27.7 Å². The molecule has 1 aliphatic heterocycles. The van der Waals surface area contributed by atoms with Gasteiger partial charge in [0.2, 0.25) is 0 Å². The summed E-state index contributed by atoms with van der Waals surface area (Å²) >= 11 is 1.15. The van der Waals surface area contributed by atoms with E-state index < -0.39 is 0 Å². The van der Waals surface area contributed by atoms with Crippen molar-refractivity contribution in [3.8, 4) is 22.9 Å². The van der Waals surface area contributed by atoms with E-state index in [9.17, 15) is 4.39 Å². The van der Waals surface area contributed by atoms with E-state index in [4.69, 9.17) is 20.2 Å². The van der Waals surface area contributed by atoms with Gasteiger partial charge in [-0.3, -0.25) is 0 Å². The standard InChI is InChI=1S/C20H19FN4O2S/c1-2-26-12-9-14-17-16(10-12)27-6-4-3-5-25(17)19(23-14)11-7-13(21)18-15(8-11)24-20(22)28-18/h7-10H,2-6H2,1H3,(H2,22,24). The summed E-state index contributed by atoms with van der Waals surface area (Å²) in [5.41, 5.74) is 8.68. The van der Waals surface area contributed by atoms with Crippen molar-refractivity contribution in [2.24, 2.45) is 0 Å². The first-order valence-corrected chi connectivity index (χ1v) is 10.1. The summed E-state index contributed by atoms with van der Waals surface area (Å²) < 4.78 is 28.9. The van der Waals surface area contributed by atoms with Crippen molar-refractivity contribution in [1.29, 1.82) is 0 Å². The predicted octanol–water partition coefficient (Wildman–Crippen LogP) is 4.61. The summed E-state index contributed by atoms with van der Waals surface area (Å²) in [6, 6.07) is 7.17. The van der Waals surface area contributed by atoms with Crippen molar-refractivity contribution < 1.29 is 13.9 Å². The van der Waals surface area contributed by atoms with Gasteiger partial charge < -0.3 is 19.8 Å². The molecule has 0 atom stereocenters. The van der Waals surface area contributed by atoms with Crippen molar-refractivity contribution in [3.63, 3.8) is 0 Å². The SMILES string of the molecule is CCOc1cc2c3c(c1)nc(-c1cc(F)c4sc(N)nc4c1)n3CCCCO2. The van der Waals surface area contributed by atoms with Crippen LogP contribution < -0.4 is 15.2 Å². The van der Waals surface area contributed by atoms with Crippen molar-refractivity contribution >= 4 is 37.7 Å². The fourth-order valence-corrected chi connectivity index (χ4v) is 4.41. The van der Waals surface area contributed by atoms with E-state index in [0.29, 0.717) is 39.9 Å². The number of hydrogen-bond donors (Lipinski definition) is 1. The number of anilines is 1. The van der Waals surface area contributed by atoms with Crippen LogP contribution in [0.25, 0.3) is 32.6 Å². The van der Waals surface area contributed by atoms with Crippen LogP contribution in [-0.2, 0) is 6.54 Å². The van der Waals surface area contributed by atoms with Gasteiger partial charge in [-0.1, -0.05) is 11.3 Å². The fraction of sp³-hybridized carbons (Fsp3) is 0.300. The number of benzene rings is 2. The van der Waals surface area contributed by atoms with E-state index in [-0.39, 0.29) is 5.82 Å². The highest BCUT2D eigenvalue weighted by atomic mass is 32.1. The van der Waals surface area contributed by atoms with E-state index in [0.717, 1.165) is 53.3 Å². The number of halogens is 1. The Morgan fingerprint density at radius 3 is 2.96 bits per heavy atom. The average molecular weight is 398 g/mol. The van der Waals surface area contributed by atoms with Gasteiger partial charge in [-0.15, -0.1) is 0 Å². The first-order valence-electron chi connectivity index (χ1n) is 9.30. The molecule has 0 unspecified atom stereocenters. The van der Waals surface area contributed by atoms with Gasteiger partial charge in [0, 0.05) is 24.2 Å². The Morgan fingerprint density at radius 2 is 2.11 bits per heavy atom. The molecule has 6 nitrogen and oxygen atoms in total. The molecule has 0 spiro atoms. The van der Waals surface area contributed by atoms with Gasteiger partial charge in [0.05, 0.1) is 28.9 Å². The lowest BCUT2D eigenvalue weighted by Gasteiger charge is -2.17. The van der Waals surface area contributed by atoms with E-state index in [1.165, 1.54) is 6.07 Å². The Labute approximate surface area is 164 Å². The largest absolute Gasteiger partial charge is 0.494 e. The molecule has 0 amide bonds. The highest BCUT2D eigenvalue weighted by Crippen LogP contribution is 2.38. The van der Waals surface area contributed by atoms with Gasteiger partial charge in [-0.25, -0.2) is 14.4 Å². The minimum Gasteiger partial charge on any atom is -0.494 e. The number of nitrogens with two attached hydrogens (primary N) is 1. The Balaban J connectivity index is 1.77. The molecule has 28 heavy (non-hydrogen) atoms. The van der Waals surface area contributed by atoms with Gasteiger partial charge >= 0.3 is 0 Å². The van der Waals surface area contributed by atoms with Gasteiger partial charge in [-0.05, 0) is 31.9 Å². The normalized spacial score (nSPS) is 14.1. The smallest absolute Gasteiger partial charge is 0.181 e. The first kappa shape index (κ1) is 17.2. The van der Waals surface area contributed by atoms with Crippen molar-refractivity contribution in [2.75, 3.05) is 18.9 Å². The zero-order chi connectivity index (χ0) is 19.3. The van der Waals surface area contributed by atoms with E-state index in [1.54, 1.807) is 0 Å². The maximum absolute atomic E-state index is 14.7. The molecule has 1 aliphatic rings. The number of hydrogen-bond acceptors (Lipinski definition) is 6. The average Bonchev–Trinajstić information content (AvgIpc) is 3.19. The van der Waals surface area contributed by atoms with Crippen LogP contribution in [0.2, 0.25) is 0 Å². The number of nitrogen functional groups attached to an aromatic ring is 1. The molecule has 0 aliphatic carbocycles.